The van der Waals surface area contributed by atoms with Crippen molar-refractivity contribution in [3.05, 3.63) is 35.6 Å². The number of rotatable bonds is 8. The quantitative estimate of drug-likeness (QED) is 0.653. The van der Waals surface area contributed by atoms with Gasteiger partial charge in [-0.2, -0.15) is 0 Å². The minimum atomic E-state index is -0.491. The molecule has 1 heterocycles. The fourth-order valence-electron chi connectivity index (χ4n) is 2.37. The lowest BCUT2D eigenvalue weighted by Gasteiger charge is -2.06. The maximum atomic E-state index is 10.6. The molecule has 5 heteroatoms. The molecule has 0 fully saturated rings. The molecule has 1 aromatic heterocycles. The Labute approximate surface area is 124 Å². The Balaban J connectivity index is 2.03. The Kier molecular flexibility index (Phi) is 5.63. The summed E-state index contributed by atoms with van der Waals surface area (Å²) in [7, 11) is 0. The van der Waals surface area contributed by atoms with Gasteiger partial charge in [0, 0.05) is 37.0 Å². The standard InChI is InChI=1S/C16H23N3O2/c1-2-3-7-15-13(11-18-9-10-19-16(17)20)12-6-4-5-8-14(12)21-15/h4-6,8,18H,2-3,7,9-11H2,1H3,(H3,17,19,20). The van der Waals surface area contributed by atoms with Crippen molar-refractivity contribution in [2.24, 2.45) is 5.73 Å². The van der Waals surface area contributed by atoms with Crippen molar-refractivity contribution >= 4 is 17.0 Å². The molecule has 0 saturated heterocycles. The van der Waals surface area contributed by atoms with Crippen molar-refractivity contribution in [3.63, 3.8) is 0 Å². The molecule has 1 aromatic carbocycles. The molecular formula is C16H23N3O2. The smallest absolute Gasteiger partial charge is 0.312 e. The van der Waals surface area contributed by atoms with Crippen LogP contribution in [0.4, 0.5) is 4.79 Å². The summed E-state index contributed by atoms with van der Waals surface area (Å²) in [5.74, 6) is 1.06. The van der Waals surface area contributed by atoms with E-state index in [2.05, 4.69) is 23.6 Å². The van der Waals surface area contributed by atoms with Crippen LogP contribution in [-0.2, 0) is 13.0 Å². The zero-order valence-electron chi connectivity index (χ0n) is 12.4. The number of hydrogen-bond acceptors (Lipinski definition) is 3. The van der Waals surface area contributed by atoms with E-state index in [-0.39, 0.29) is 0 Å². The molecule has 5 nitrogen and oxygen atoms in total. The van der Waals surface area contributed by atoms with Crippen LogP contribution in [-0.4, -0.2) is 19.1 Å². The fraction of sp³-hybridized carbons (Fsp3) is 0.438. The van der Waals surface area contributed by atoms with Crippen LogP contribution in [0.1, 0.15) is 31.1 Å². The Bertz CT molecular complexity index is 592. The van der Waals surface area contributed by atoms with E-state index in [1.807, 2.05) is 18.2 Å². The normalized spacial score (nSPS) is 10.9. The van der Waals surface area contributed by atoms with Crippen molar-refractivity contribution in [2.75, 3.05) is 13.1 Å². The van der Waals surface area contributed by atoms with Crippen molar-refractivity contribution < 1.29 is 9.21 Å². The lowest BCUT2D eigenvalue weighted by atomic mass is 10.1. The largest absolute Gasteiger partial charge is 0.461 e. The molecule has 0 spiro atoms. The summed E-state index contributed by atoms with van der Waals surface area (Å²) in [6.45, 7) is 4.11. The van der Waals surface area contributed by atoms with E-state index in [1.165, 1.54) is 10.9 Å². The Morgan fingerprint density at radius 1 is 1.29 bits per heavy atom. The van der Waals surface area contributed by atoms with Crippen LogP contribution in [0.25, 0.3) is 11.0 Å². The van der Waals surface area contributed by atoms with Gasteiger partial charge in [0.05, 0.1) is 0 Å². The number of hydrogen-bond donors (Lipinski definition) is 3. The third-order valence-electron chi connectivity index (χ3n) is 3.44. The van der Waals surface area contributed by atoms with Gasteiger partial charge in [-0.1, -0.05) is 31.5 Å². The number of nitrogens with one attached hydrogen (secondary N) is 2. The highest BCUT2D eigenvalue weighted by Gasteiger charge is 2.12. The maximum Gasteiger partial charge on any atom is 0.312 e. The Morgan fingerprint density at radius 2 is 2.10 bits per heavy atom. The molecular weight excluding hydrogens is 266 g/mol. The van der Waals surface area contributed by atoms with Gasteiger partial charge in [-0.15, -0.1) is 0 Å². The highest BCUT2D eigenvalue weighted by Crippen LogP contribution is 2.26. The zero-order valence-corrected chi connectivity index (χ0v) is 12.4. The topological polar surface area (TPSA) is 80.3 Å². The number of fused-ring (bicyclic) bond motifs is 1. The number of urea groups is 1. The number of furan rings is 1. The molecule has 2 rings (SSSR count). The third kappa shape index (κ3) is 4.23. The number of para-hydroxylation sites is 1. The number of amides is 2. The average Bonchev–Trinajstić information content (AvgIpc) is 2.82. The van der Waals surface area contributed by atoms with Gasteiger partial charge in [0.15, 0.2) is 0 Å². The van der Waals surface area contributed by atoms with E-state index >= 15 is 0 Å². The molecule has 0 unspecified atom stereocenters. The van der Waals surface area contributed by atoms with Crippen molar-refractivity contribution in [3.8, 4) is 0 Å². The summed E-state index contributed by atoms with van der Waals surface area (Å²) in [6.07, 6.45) is 3.23. The Hall–Kier alpha value is -2.01. The predicted octanol–water partition coefficient (Wildman–Crippen LogP) is 2.53. The first-order chi connectivity index (χ1) is 10.2. The molecule has 114 valence electrons. The average molecular weight is 289 g/mol. The predicted molar refractivity (Wildman–Crippen MR) is 84.1 cm³/mol. The van der Waals surface area contributed by atoms with Crippen molar-refractivity contribution in [2.45, 2.75) is 32.7 Å². The van der Waals surface area contributed by atoms with Crippen molar-refractivity contribution in [1.29, 1.82) is 0 Å². The first kappa shape index (κ1) is 15.4. The second-order valence-electron chi connectivity index (χ2n) is 5.07. The second-order valence-corrected chi connectivity index (χ2v) is 5.07. The summed E-state index contributed by atoms with van der Waals surface area (Å²) in [5, 5.41) is 7.05. The van der Waals surface area contributed by atoms with Crippen LogP contribution >= 0.6 is 0 Å². The fourth-order valence-corrected chi connectivity index (χ4v) is 2.37. The highest BCUT2D eigenvalue weighted by atomic mass is 16.3. The summed E-state index contributed by atoms with van der Waals surface area (Å²) in [6, 6.07) is 7.62. The van der Waals surface area contributed by atoms with Gasteiger partial charge in [-0.25, -0.2) is 4.79 Å². The SMILES string of the molecule is CCCCc1oc2ccccc2c1CNCCNC(N)=O. The van der Waals surface area contributed by atoms with E-state index in [0.717, 1.165) is 37.2 Å². The van der Waals surface area contributed by atoms with Gasteiger partial charge in [-0.3, -0.25) is 0 Å². The van der Waals surface area contributed by atoms with E-state index in [0.29, 0.717) is 13.1 Å². The van der Waals surface area contributed by atoms with Crippen LogP contribution < -0.4 is 16.4 Å². The molecule has 0 aliphatic heterocycles. The van der Waals surface area contributed by atoms with Crippen LogP contribution in [0.3, 0.4) is 0 Å². The summed E-state index contributed by atoms with van der Waals surface area (Å²) >= 11 is 0. The second kappa shape index (κ2) is 7.69. The third-order valence-corrected chi connectivity index (χ3v) is 3.44. The van der Waals surface area contributed by atoms with E-state index in [1.54, 1.807) is 0 Å². The minimum Gasteiger partial charge on any atom is -0.461 e. The summed E-state index contributed by atoms with van der Waals surface area (Å²) in [4.78, 5) is 10.6. The zero-order chi connectivity index (χ0) is 15.1. The number of unbranched alkanes of at least 4 members (excludes halogenated alkanes) is 1. The van der Waals surface area contributed by atoms with Gasteiger partial charge in [0.1, 0.15) is 11.3 Å². The van der Waals surface area contributed by atoms with Crippen molar-refractivity contribution in [1.82, 2.24) is 10.6 Å². The summed E-state index contributed by atoms with van der Waals surface area (Å²) in [5.41, 5.74) is 7.19. The van der Waals surface area contributed by atoms with Gasteiger partial charge in [-0.05, 0) is 12.5 Å². The number of benzene rings is 1. The molecule has 0 aliphatic rings. The molecule has 0 bridgehead atoms. The minimum absolute atomic E-state index is 0.491. The van der Waals surface area contributed by atoms with Gasteiger partial charge < -0.3 is 20.8 Å². The first-order valence-corrected chi connectivity index (χ1v) is 7.45. The van der Waals surface area contributed by atoms with Crippen LogP contribution in [0, 0.1) is 0 Å². The number of nitrogens with two attached hydrogens (primary N) is 1. The Morgan fingerprint density at radius 3 is 2.86 bits per heavy atom. The molecule has 4 N–H and O–H groups in total. The molecule has 0 aliphatic carbocycles. The molecule has 0 atom stereocenters. The molecule has 21 heavy (non-hydrogen) atoms. The molecule has 2 amide bonds. The molecule has 0 radical (unpaired) electrons. The summed E-state index contributed by atoms with van der Waals surface area (Å²) < 4.78 is 5.97. The van der Waals surface area contributed by atoms with Crippen LogP contribution in [0.15, 0.2) is 28.7 Å². The monoisotopic (exact) mass is 289 g/mol. The molecule has 2 aromatic rings. The number of carbonyl (C=O) groups is 1. The number of primary amides is 1. The van der Waals surface area contributed by atoms with Crippen LogP contribution in [0.5, 0.6) is 0 Å². The van der Waals surface area contributed by atoms with E-state index in [4.69, 9.17) is 10.2 Å². The van der Waals surface area contributed by atoms with Crippen LogP contribution in [0.2, 0.25) is 0 Å². The van der Waals surface area contributed by atoms with Gasteiger partial charge in [0.2, 0.25) is 0 Å². The highest BCUT2D eigenvalue weighted by molar-refractivity contribution is 5.82. The van der Waals surface area contributed by atoms with Gasteiger partial charge in [0.25, 0.3) is 0 Å². The first-order valence-electron chi connectivity index (χ1n) is 7.45. The van der Waals surface area contributed by atoms with E-state index < -0.39 is 6.03 Å². The lowest BCUT2D eigenvalue weighted by molar-refractivity contribution is 0.249. The van der Waals surface area contributed by atoms with E-state index in [9.17, 15) is 4.79 Å². The number of aryl methyl sites for hydroxylation is 1. The molecule has 0 saturated carbocycles. The maximum absolute atomic E-state index is 10.6. The van der Waals surface area contributed by atoms with Gasteiger partial charge >= 0.3 is 6.03 Å². The lowest BCUT2D eigenvalue weighted by Crippen LogP contribution is -2.35. The number of carbonyl (C=O) groups excluding carboxylic acids is 1.